The maximum absolute atomic E-state index is 12.0. The maximum Gasteiger partial charge on any atom is 0.229 e. The zero-order valence-corrected chi connectivity index (χ0v) is 16.5. The predicted octanol–water partition coefficient (Wildman–Crippen LogP) is 2.75. The summed E-state index contributed by atoms with van der Waals surface area (Å²) in [6.07, 6.45) is 3.82. The Balaban J connectivity index is 1.68. The highest BCUT2D eigenvalue weighted by Crippen LogP contribution is 2.18. The van der Waals surface area contributed by atoms with Crippen LogP contribution in [0.25, 0.3) is 0 Å². The highest BCUT2D eigenvalue weighted by Gasteiger charge is 2.06. The van der Waals surface area contributed by atoms with Crippen molar-refractivity contribution >= 4 is 21.6 Å². The minimum Gasteiger partial charge on any atom is -0.496 e. The Morgan fingerprint density at radius 3 is 2.41 bits per heavy atom. The number of nitrogens with one attached hydrogen (secondary N) is 2. The number of hydrogen-bond acceptors (Lipinski definition) is 4. The number of carbonyl (C=O) groups excluding carboxylic acids is 1. The van der Waals surface area contributed by atoms with Crippen LogP contribution in [0.5, 0.6) is 5.75 Å². The van der Waals surface area contributed by atoms with E-state index in [1.54, 1.807) is 19.2 Å². The Labute approximate surface area is 161 Å². The van der Waals surface area contributed by atoms with Crippen molar-refractivity contribution in [1.82, 2.24) is 5.32 Å². The van der Waals surface area contributed by atoms with E-state index < -0.39 is 10.0 Å². The van der Waals surface area contributed by atoms with Crippen LogP contribution in [-0.4, -0.2) is 34.2 Å². The molecular weight excluding hydrogens is 364 g/mol. The van der Waals surface area contributed by atoms with Crippen molar-refractivity contribution in [1.29, 1.82) is 0 Å². The van der Waals surface area contributed by atoms with E-state index in [4.69, 9.17) is 4.74 Å². The number of amides is 1. The number of aryl methyl sites for hydroxylation is 2. The van der Waals surface area contributed by atoms with Gasteiger partial charge in [0.15, 0.2) is 0 Å². The molecule has 0 spiro atoms. The van der Waals surface area contributed by atoms with Gasteiger partial charge < -0.3 is 10.1 Å². The number of hydrogen-bond donors (Lipinski definition) is 2. The summed E-state index contributed by atoms with van der Waals surface area (Å²) < 4.78 is 30.1. The van der Waals surface area contributed by atoms with E-state index in [-0.39, 0.29) is 5.91 Å². The van der Waals surface area contributed by atoms with Crippen molar-refractivity contribution in [2.45, 2.75) is 25.7 Å². The van der Waals surface area contributed by atoms with E-state index in [9.17, 15) is 13.2 Å². The fraction of sp³-hybridized carbons (Fsp3) is 0.350. The first kappa shape index (κ1) is 20.8. The molecule has 0 saturated carbocycles. The number of sulfonamides is 1. The van der Waals surface area contributed by atoms with E-state index in [0.29, 0.717) is 25.1 Å². The zero-order chi connectivity index (χ0) is 19.7. The Bertz CT molecular complexity index is 849. The summed E-state index contributed by atoms with van der Waals surface area (Å²) in [7, 11) is -1.63. The predicted molar refractivity (Wildman–Crippen MR) is 108 cm³/mol. The van der Waals surface area contributed by atoms with Crippen LogP contribution < -0.4 is 14.8 Å². The van der Waals surface area contributed by atoms with Gasteiger partial charge in [-0.3, -0.25) is 9.52 Å². The van der Waals surface area contributed by atoms with Gasteiger partial charge in [-0.05, 0) is 48.6 Å². The molecule has 2 aromatic carbocycles. The molecule has 2 N–H and O–H groups in total. The molecule has 0 aliphatic heterocycles. The lowest BCUT2D eigenvalue weighted by molar-refractivity contribution is -0.121. The molecule has 7 heteroatoms. The van der Waals surface area contributed by atoms with E-state index in [0.717, 1.165) is 36.0 Å². The monoisotopic (exact) mass is 390 g/mol. The molecule has 0 unspecified atom stereocenters. The van der Waals surface area contributed by atoms with Crippen molar-refractivity contribution in [3.05, 3.63) is 59.7 Å². The molecule has 2 rings (SSSR count). The molecule has 0 radical (unpaired) electrons. The van der Waals surface area contributed by atoms with Crippen molar-refractivity contribution in [2.75, 3.05) is 24.6 Å². The third kappa shape index (κ3) is 7.70. The molecule has 0 aliphatic rings. The van der Waals surface area contributed by atoms with Crippen LogP contribution in [0.2, 0.25) is 0 Å². The largest absolute Gasteiger partial charge is 0.496 e. The second kappa shape index (κ2) is 9.97. The van der Waals surface area contributed by atoms with Gasteiger partial charge in [0.05, 0.1) is 13.4 Å². The first-order chi connectivity index (χ1) is 12.9. The number of para-hydroxylation sites is 1. The molecular formula is C20H26N2O4S. The van der Waals surface area contributed by atoms with E-state index in [1.807, 2.05) is 36.4 Å². The lowest BCUT2D eigenvalue weighted by atomic mass is 10.1. The molecule has 0 aromatic heterocycles. The quantitative estimate of drug-likeness (QED) is 0.611. The summed E-state index contributed by atoms with van der Waals surface area (Å²) in [5, 5.41) is 2.93. The van der Waals surface area contributed by atoms with Crippen molar-refractivity contribution < 1.29 is 17.9 Å². The highest BCUT2D eigenvalue weighted by atomic mass is 32.2. The second-order valence-corrected chi connectivity index (χ2v) is 8.08. The van der Waals surface area contributed by atoms with Crippen LogP contribution in [0.15, 0.2) is 48.5 Å². The molecule has 0 aliphatic carbocycles. The number of carbonyl (C=O) groups is 1. The summed E-state index contributed by atoms with van der Waals surface area (Å²) in [5.74, 6) is 0.827. The molecule has 2 aromatic rings. The summed E-state index contributed by atoms with van der Waals surface area (Å²) >= 11 is 0. The summed E-state index contributed by atoms with van der Waals surface area (Å²) in [6.45, 7) is 0.605. The van der Waals surface area contributed by atoms with Crippen LogP contribution >= 0.6 is 0 Å². The number of anilines is 1. The SMILES string of the molecule is COc1ccccc1CCC(=O)NCCCc1ccc(NS(C)(=O)=O)cc1. The Hall–Kier alpha value is -2.54. The van der Waals surface area contributed by atoms with Gasteiger partial charge >= 0.3 is 0 Å². The molecule has 0 bridgehead atoms. The van der Waals surface area contributed by atoms with Crippen LogP contribution in [-0.2, 0) is 27.7 Å². The number of ether oxygens (including phenoxy) is 1. The van der Waals surface area contributed by atoms with Gasteiger partial charge in [-0.2, -0.15) is 0 Å². The van der Waals surface area contributed by atoms with Gasteiger partial charge in [0.1, 0.15) is 5.75 Å². The van der Waals surface area contributed by atoms with E-state index in [1.165, 1.54) is 0 Å². The summed E-state index contributed by atoms with van der Waals surface area (Å²) in [5.41, 5.74) is 2.67. The molecule has 146 valence electrons. The smallest absolute Gasteiger partial charge is 0.229 e. The van der Waals surface area contributed by atoms with Crippen LogP contribution in [0.3, 0.4) is 0 Å². The van der Waals surface area contributed by atoms with Gasteiger partial charge in [0.2, 0.25) is 15.9 Å². The lowest BCUT2D eigenvalue weighted by Gasteiger charge is -2.09. The minimum absolute atomic E-state index is 0.0219. The van der Waals surface area contributed by atoms with Gasteiger partial charge in [-0.1, -0.05) is 30.3 Å². The topological polar surface area (TPSA) is 84.5 Å². The third-order valence-electron chi connectivity index (χ3n) is 4.04. The average molecular weight is 391 g/mol. The maximum atomic E-state index is 12.0. The number of rotatable bonds is 10. The van der Waals surface area contributed by atoms with Crippen molar-refractivity contribution in [3.8, 4) is 5.75 Å². The standard InChI is InChI=1S/C20H26N2O4S/c1-26-19-8-4-3-7-17(19)11-14-20(23)21-15-5-6-16-9-12-18(13-10-16)22-27(2,24)25/h3-4,7-10,12-13,22H,5-6,11,14-15H2,1-2H3,(H,21,23). The number of methoxy groups -OCH3 is 1. The third-order valence-corrected chi connectivity index (χ3v) is 4.64. The molecule has 0 heterocycles. The summed E-state index contributed by atoms with van der Waals surface area (Å²) in [6, 6.07) is 15.0. The Morgan fingerprint density at radius 2 is 1.74 bits per heavy atom. The summed E-state index contributed by atoms with van der Waals surface area (Å²) in [4.78, 5) is 12.0. The molecule has 27 heavy (non-hydrogen) atoms. The van der Waals surface area contributed by atoms with Crippen molar-refractivity contribution in [2.24, 2.45) is 0 Å². The van der Waals surface area contributed by atoms with E-state index >= 15 is 0 Å². The zero-order valence-electron chi connectivity index (χ0n) is 15.7. The van der Waals surface area contributed by atoms with Gasteiger partial charge in [-0.15, -0.1) is 0 Å². The van der Waals surface area contributed by atoms with Gasteiger partial charge in [0, 0.05) is 18.7 Å². The average Bonchev–Trinajstić information content (AvgIpc) is 2.64. The Kier molecular flexibility index (Phi) is 7.67. The fourth-order valence-corrected chi connectivity index (χ4v) is 3.28. The van der Waals surface area contributed by atoms with E-state index in [2.05, 4.69) is 10.0 Å². The lowest BCUT2D eigenvalue weighted by Crippen LogP contribution is -2.25. The molecule has 0 saturated heterocycles. The fourth-order valence-electron chi connectivity index (χ4n) is 2.72. The second-order valence-electron chi connectivity index (χ2n) is 6.34. The molecule has 6 nitrogen and oxygen atoms in total. The van der Waals surface area contributed by atoms with Crippen LogP contribution in [0.1, 0.15) is 24.0 Å². The molecule has 0 fully saturated rings. The van der Waals surface area contributed by atoms with Gasteiger partial charge in [0.25, 0.3) is 0 Å². The van der Waals surface area contributed by atoms with Crippen molar-refractivity contribution in [3.63, 3.8) is 0 Å². The highest BCUT2D eigenvalue weighted by molar-refractivity contribution is 7.92. The minimum atomic E-state index is -3.26. The van der Waals surface area contributed by atoms with Crippen LogP contribution in [0.4, 0.5) is 5.69 Å². The normalized spacial score (nSPS) is 11.0. The number of benzene rings is 2. The Morgan fingerprint density at radius 1 is 1.04 bits per heavy atom. The first-order valence-corrected chi connectivity index (χ1v) is 10.7. The van der Waals surface area contributed by atoms with Gasteiger partial charge in [-0.25, -0.2) is 8.42 Å². The van der Waals surface area contributed by atoms with Crippen LogP contribution in [0, 0.1) is 0 Å². The molecule has 1 amide bonds. The first-order valence-electron chi connectivity index (χ1n) is 8.83. The molecule has 0 atom stereocenters.